The van der Waals surface area contributed by atoms with Gasteiger partial charge in [0.2, 0.25) is 0 Å². The summed E-state index contributed by atoms with van der Waals surface area (Å²) in [5.41, 5.74) is 0. The molecule has 1 unspecified atom stereocenters. The van der Waals surface area contributed by atoms with Gasteiger partial charge in [0.05, 0.1) is 25.7 Å². The molecule has 18 heavy (non-hydrogen) atoms. The van der Waals surface area contributed by atoms with Gasteiger partial charge in [-0.3, -0.25) is 9.83 Å². The van der Waals surface area contributed by atoms with Crippen molar-refractivity contribution >= 4 is 11.9 Å². The molecule has 1 saturated heterocycles. The molecule has 0 aromatic heterocycles. The molecule has 3 aliphatic rings. The summed E-state index contributed by atoms with van der Waals surface area (Å²) in [5.74, 6) is 0.878. The number of hydrogen-bond donors (Lipinski definition) is 1. The average molecular weight is 248 g/mol. The van der Waals surface area contributed by atoms with Crippen molar-refractivity contribution in [2.75, 3.05) is 26.2 Å². The monoisotopic (exact) mass is 248 g/mol. The number of carbonyl (C=O) groups is 1. The summed E-state index contributed by atoms with van der Waals surface area (Å²) in [5, 5.41) is 4.64. The fraction of sp³-hybridized carbons (Fsp3) is 0.500. The van der Waals surface area contributed by atoms with Gasteiger partial charge < -0.3 is 10.2 Å². The third-order valence-electron chi connectivity index (χ3n) is 3.28. The number of nitrogens with zero attached hydrogens (tertiary/aromatic N) is 3. The van der Waals surface area contributed by atoms with E-state index in [9.17, 15) is 4.79 Å². The van der Waals surface area contributed by atoms with Crippen LogP contribution in [0.3, 0.4) is 0 Å². The lowest BCUT2D eigenvalue weighted by Crippen LogP contribution is -2.46. The summed E-state index contributed by atoms with van der Waals surface area (Å²) in [7, 11) is 0. The summed E-state index contributed by atoms with van der Waals surface area (Å²) >= 11 is 0. The Labute approximate surface area is 106 Å². The van der Waals surface area contributed by atoms with Gasteiger partial charge in [0.25, 0.3) is 0 Å². The van der Waals surface area contributed by atoms with Crippen molar-refractivity contribution in [1.29, 1.82) is 0 Å². The quantitative estimate of drug-likeness (QED) is 0.721. The van der Waals surface area contributed by atoms with Gasteiger partial charge in [-0.1, -0.05) is 18.2 Å². The van der Waals surface area contributed by atoms with Crippen LogP contribution in [0.25, 0.3) is 0 Å². The van der Waals surface area contributed by atoms with Crippen molar-refractivity contribution in [2.45, 2.75) is 12.1 Å². The number of urea groups is 1. The summed E-state index contributed by atoms with van der Waals surface area (Å²) in [4.78, 5) is 23.8. The first-order valence-electron chi connectivity index (χ1n) is 6.11. The number of nitrogens with one attached hydrogen (secondary N) is 1. The van der Waals surface area contributed by atoms with Crippen molar-refractivity contribution in [3.63, 3.8) is 0 Å². The third-order valence-corrected chi connectivity index (χ3v) is 3.28. The number of rotatable bonds is 4. The molecule has 3 rings (SSSR count). The second kappa shape index (κ2) is 4.45. The van der Waals surface area contributed by atoms with Gasteiger partial charge in [0.1, 0.15) is 11.9 Å². The summed E-state index contributed by atoms with van der Waals surface area (Å²) in [6.07, 6.45) is 5.66. The Morgan fingerprint density at radius 3 is 3.22 bits per heavy atom. The van der Waals surface area contributed by atoms with Crippen molar-refractivity contribution < 1.29 is 9.63 Å². The number of hydroxylamine groups is 2. The Morgan fingerprint density at radius 2 is 2.50 bits per heavy atom. The largest absolute Gasteiger partial charge is 0.370 e. The molecular weight excluding hydrogens is 232 g/mol. The maximum absolute atomic E-state index is 12.2. The lowest BCUT2D eigenvalue weighted by Gasteiger charge is -2.26. The molecule has 96 valence electrons. The highest BCUT2D eigenvalue weighted by Crippen LogP contribution is 2.26. The molecule has 1 fully saturated rings. The van der Waals surface area contributed by atoms with Crippen LogP contribution in [0.5, 0.6) is 0 Å². The topological polar surface area (TPSA) is 57.2 Å². The zero-order valence-electron chi connectivity index (χ0n) is 10.1. The molecule has 6 nitrogen and oxygen atoms in total. The van der Waals surface area contributed by atoms with E-state index in [2.05, 4.69) is 16.9 Å². The first-order valence-corrected chi connectivity index (χ1v) is 6.11. The van der Waals surface area contributed by atoms with Crippen LogP contribution < -0.4 is 5.32 Å². The normalized spacial score (nSPS) is 29.6. The van der Waals surface area contributed by atoms with Gasteiger partial charge >= 0.3 is 6.03 Å². The average Bonchev–Trinajstić information content (AvgIpc) is 2.99. The SMILES string of the molecule is C=CCON1C(=O)N2CC1C=C[C@H]2C1=NCCN1. The second-order valence-electron chi connectivity index (χ2n) is 4.44. The number of carbonyl (C=O) groups excluding carboxylic acids is 1. The molecular formula is C12H16N4O2. The molecule has 2 atom stereocenters. The molecule has 0 aromatic carbocycles. The summed E-state index contributed by atoms with van der Waals surface area (Å²) < 4.78 is 0. The Kier molecular flexibility index (Phi) is 2.79. The Bertz CT molecular complexity index is 432. The molecule has 0 saturated carbocycles. The van der Waals surface area contributed by atoms with Gasteiger partial charge in [-0.05, 0) is 0 Å². The highest BCUT2D eigenvalue weighted by atomic mass is 16.7. The standard InChI is InChI=1S/C12H16N4O2/c1-2-7-18-16-9-3-4-10(11-13-5-6-14-11)15(8-9)12(16)17/h2-4,9-10H,1,5-8H2,(H,13,14)/t9?,10-/m0/s1. The van der Waals surface area contributed by atoms with Gasteiger partial charge in [-0.15, -0.1) is 6.58 Å². The van der Waals surface area contributed by atoms with Crippen molar-refractivity contribution in [1.82, 2.24) is 15.3 Å². The first kappa shape index (κ1) is 11.3. The van der Waals surface area contributed by atoms with Crippen LogP contribution in [0.1, 0.15) is 0 Å². The van der Waals surface area contributed by atoms with E-state index in [-0.39, 0.29) is 18.1 Å². The zero-order chi connectivity index (χ0) is 12.5. The smallest absolute Gasteiger partial charge is 0.345 e. The minimum Gasteiger partial charge on any atom is -0.370 e. The molecule has 3 heterocycles. The number of hydrogen-bond acceptors (Lipinski definition) is 4. The van der Waals surface area contributed by atoms with Crippen molar-refractivity contribution in [2.24, 2.45) is 4.99 Å². The summed E-state index contributed by atoms with van der Waals surface area (Å²) in [6.45, 7) is 6.21. The minimum atomic E-state index is -0.103. The summed E-state index contributed by atoms with van der Waals surface area (Å²) in [6, 6.07) is -0.183. The van der Waals surface area contributed by atoms with Gasteiger partial charge in [-0.25, -0.2) is 4.79 Å². The zero-order valence-corrected chi connectivity index (χ0v) is 10.1. The van der Waals surface area contributed by atoms with Crippen LogP contribution in [0.15, 0.2) is 29.8 Å². The molecule has 2 bridgehead atoms. The highest BCUT2D eigenvalue weighted by Gasteiger charge is 2.44. The van der Waals surface area contributed by atoms with Gasteiger partial charge in [0, 0.05) is 6.54 Å². The van der Waals surface area contributed by atoms with E-state index in [4.69, 9.17) is 4.84 Å². The van der Waals surface area contributed by atoms with E-state index >= 15 is 0 Å². The van der Waals surface area contributed by atoms with Crippen LogP contribution >= 0.6 is 0 Å². The van der Waals surface area contributed by atoms with E-state index in [1.807, 2.05) is 12.2 Å². The molecule has 6 heteroatoms. The van der Waals surface area contributed by atoms with Gasteiger partial charge in [0.15, 0.2) is 0 Å². The van der Waals surface area contributed by atoms with E-state index in [0.717, 1.165) is 18.9 Å². The molecule has 0 aromatic rings. The first-order chi connectivity index (χ1) is 8.81. The number of fused-ring (bicyclic) bond motifs is 2. The Hall–Kier alpha value is -1.82. The van der Waals surface area contributed by atoms with E-state index in [1.165, 1.54) is 5.06 Å². The molecule has 2 amide bonds. The van der Waals surface area contributed by atoms with E-state index in [0.29, 0.717) is 13.2 Å². The third kappa shape index (κ3) is 1.69. The van der Waals surface area contributed by atoms with E-state index < -0.39 is 0 Å². The molecule has 1 N–H and O–H groups in total. The van der Waals surface area contributed by atoms with Crippen LogP contribution in [-0.4, -0.2) is 60.2 Å². The predicted octanol–water partition coefficient (Wildman–Crippen LogP) is 0.150. The van der Waals surface area contributed by atoms with Crippen LogP contribution in [0.2, 0.25) is 0 Å². The molecule has 0 spiro atoms. The van der Waals surface area contributed by atoms with Crippen molar-refractivity contribution in [3.05, 3.63) is 24.8 Å². The predicted molar refractivity (Wildman–Crippen MR) is 67.1 cm³/mol. The lowest BCUT2D eigenvalue weighted by molar-refractivity contribution is -0.107. The minimum absolute atomic E-state index is 0.00398. The number of aliphatic imine (C=N–C) groups is 1. The fourth-order valence-corrected chi connectivity index (χ4v) is 2.47. The Morgan fingerprint density at radius 1 is 1.61 bits per heavy atom. The van der Waals surface area contributed by atoms with Crippen LogP contribution in [0.4, 0.5) is 4.79 Å². The lowest BCUT2D eigenvalue weighted by atomic mass is 10.1. The Balaban J connectivity index is 1.77. The van der Waals surface area contributed by atoms with Gasteiger partial charge in [-0.2, -0.15) is 5.06 Å². The maximum atomic E-state index is 12.2. The fourth-order valence-electron chi connectivity index (χ4n) is 2.47. The van der Waals surface area contributed by atoms with Crippen LogP contribution in [-0.2, 0) is 4.84 Å². The number of amides is 2. The maximum Gasteiger partial charge on any atom is 0.345 e. The number of amidine groups is 1. The molecule has 0 aliphatic carbocycles. The van der Waals surface area contributed by atoms with Crippen molar-refractivity contribution in [3.8, 4) is 0 Å². The molecule has 0 radical (unpaired) electrons. The highest BCUT2D eigenvalue weighted by molar-refractivity contribution is 5.95. The van der Waals surface area contributed by atoms with Crippen LogP contribution in [0, 0.1) is 0 Å². The second-order valence-corrected chi connectivity index (χ2v) is 4.44. The molecule has 3 aliphatic heterocycles. The van der Waals surface area contributed by atoms with E-state index in [1.54, 1.807) is 11.0 Å².